The summed E-state index contributed by atoms with van der Waals surface area (Å²) < 4.78 is 5.85. The van der Waals surface area contributed by atoms with Gasteiger partial charge >= 0.3 is 0 Å². The molecule has 0 aliphatic carbocycles. The normalized spacial score (nSPS) is 14.7. The van der Waals surface area contributed by atoms with Crippen LogP contribution in [0.4, 0.5) is 17.2 Å². The molecule has 1 aromatic heterocycles. The first kappa shape index (κ1) is 24.8. The average Bonchev–Trinajstić information content (AvgIpc) is 3.04. The molecule has 33 heavy (non-hydrogen) atoms. The minimum Gasteiger partial charge on any atom is -0.478 e. The fraction of sp³-hybridized carbons (Fsp3) is 0.538. The van der Waals surface area contributed by atoms with E-state index in [0.29, 0.717) is 37.0 Å². The Balaban J connectivity index is 1.74. The zero-order chi connectivity index (χ0) is 23.6. The van der Waals surface area contributed by atoms with Crippen molar-refractivity contribution in [2.45, 2.75) is 59.0 Å². The summed E-state index contributed by atoms with van der Waals surface area (Å²) in [5.74, 6) is 1.27. The number of hydrogen-bond donors (Lipinski definition) is 2. The number of aromatic nitrogens is 1. The van der Waals surface area contributed by atoms with Gasteiger partial charge in [-0.05, 0) is 49.4 Å². The molecule has 1 saturated heterocycles. The maximum absolute atomic E-state index is 11.2. The molecule has 0 bridgehead atoms. The highest BCUT2D eigenvalue weighted by molar-refractivity contribution is 5.88. The molecule has 7 heteroatoms. The van der Waals surface area contributed by atoms with Gasteiger partial charge in [-0.1, -0.05) is 51.0 Å². The third-order valence-corrected chi connectivity index (χ3v) is 6.08. The van der Waals surface area contributed by atoms with Crippen LogP contribution in [0.2, 0.25) is 0 Å². The number of carbonyl (C=O) groups excluding carboxylic acids is 1. The number of hydrogen-bond acceptors (Lipinski definition) is 6. The number of amides is 1. The Bertz CT molecular complexity index is 894. The van der Waals surface area contributed by atoms with E-state index in [2.05, 4.69) is 58.2 Å². The number of nitrogens with one attached hydrogen (secondary N) is 1. The Labute approximate surface area is 198 Å². The Morgan fingerprint density at radius 1 is 1.18 bits per heavy atom. The van der Waals surface area contributed by atoms with Gasteiger partial charge in [0.1, 0.15) is 5.69 Å². The minimum atomic E-state index is 0.251. The van der Waals surface area contributed by atoms with Gasteiger partial charge in [-0.3, -0.25) is 9.69 Å². The number of anilines is 3. The van der Waals surface area contributed by atoms with Gasteiger partial charge in [0.2, 0.25) is 12.3 Å². The fourth-order valence-corrected chi connectivity index (χ4v) is 4.25. The van der Waals surface area contributed by atoms with Crippen molar-refractivity contribution in [3.63, 3.8) is 0 Å². The van der Waals surface area contributed by atoms with Crippen molar-refractivity contribution in [1.29, 1.82) is 0 Å². The van der Waals surface area contributed by atoms with Gasteiger partial charge in [0.05, 0.1) is 12.3 Å². The SMILES string of the molecule is CC(C)CCOc1cc(N(C)Cc2cccc(CN3CCCCCC3)c2)c(NC=O)c(N)n1. The van der Waals surface area contributed by atoms with Crippen molar-refractivity contribution in [2.24, 2.45) is 5.92 Å². The largest absolute Gasteiger partial charge is 0.478 e. The maximum Gasteiger partial charge on any atom is 0.217 e. The maximum atomic E-state index is 11.2. The number of carbonyl (C=O) groups is 1. The van der Waals surface area contributed by atoms with Crippen LogP contribution in [0.25, 0.3) is 0 Å². The predicted molar refractivity (Wildman–Crippen MR) is 136 cm³/mol. The lowest BCUT2D eigenvalue weighted by Crippen LogP contribution is -2.24. The number of nitrogen functional groups attached to an aromatic ring is 1. The Morgan fingerprint density at radius 3 is 2.61 bits per heavy atom. The van der Waals surface area contributed by atoms with Gasteiger partial charge in [0.15, 0.2) is 5.82 Å². The Kier molecular flexibility index (Phi) is 9.36. The van der Waals surface area contributed by atoms with Crippen molar-refractivity contribution in [3.05, 3.63) is 41.5 Å². The van der Waals surface area contributed by atoms with Gasteiger partial charge in [-0.2, -0.15) is 4.98 Å². The van der Waals surface area contributed by atoms with E-state index in [1.807, 2.05) is 13.1 Å². The van der Waals surface area contributed by atoms with Crippen LogP contribution in [-0.4, -0.2) is 43.0 Å². The number of nitrogens with two attached hydrogens (primary N) is 1. The molecule has 1 aliphatic rings. The molecule has 3 N–H and O–H groups in total. The molecule has 1 aromatic carbocycles. The first-order valence-corrected chi connectivity index (χ1v) is 12.1. The van der Waals surface area contributed by atoms with Crippen molar-refractivity contribution in [1.82, 2.24) is 9.88 Å². The first-order chi connectivity index (χ1) is 16.0. The smallest absolute Gasteiger partial charge is 0.217 e. The molecule has 0 atom stereocenters. The van der Waals surface area contributed by atoms with Crippen molar-refractivity contribution < 1.29 is 9.53 Å². The van der Waals surface area contributed by atoms with Crippen LogP contribution in [0.1, 0.15) is 57.1 Å². The van der Waals surface area contributed by atoms with E-state index in [-0.39, 0.29) is 5.82 Å². The summed E-state index contributed by atoms with van der Waals surface area (Å²) >= 11 is 0. The van der Waals surface area contributed by atoms with Crippen LogP contribution in [0.5, 0.6) is 5.88 Å². The van der Waals surface area contributed by atoms with Gasteiger partial charge in [-0.25, -0.2) is 0 Å². The lowest BCUT2D eigenvalue weighted by atomic mass is 10.1. The lowest BCUT2D eigenvalue weighted by molar-refractivity contribution is -0.105. The van der Waals surface area contributed by atoms with E-state index >= 15 is 0 Å². The van der Waals surface area contributed by atoms with E-state index in [1.54, 1.807) is 0 Å². The van der Waals surface area contributed by atoms with E-state index in [4.69, 9.17) is 10.5 Å². The molecule has 0 saturated carbocycles. The van der Waals surface area contributed by atoms with E-state index < -0.39 is 0 Å². The molecule has 180 valence electrons. The summed E-state index contributed by atoms with van der Waals surface area (Å²) in [5.41, 5.74) is 10.00. The van der Waals surface area contributed by atoms with Crippen LogP contribution in [0.3, 0.4) is 0 Å². The molecule has 0 spiro atoms. The topological polar surface area (TPSA) is 83.7 Å². The van der Waals surface area contributed by atoms with Crippen molar-refractivity contribution in [3.8, 4) is 5.88 Å². The van der Waals surface area contributed by atoms with Crippen molar-refractivity contribution >= 4 is 23.6 Å². The third kappa shape index (κ3) is 7.63. The molecule has 1 fully saturated rings. The second-order valence-electron chi connectivity index (χ2n) is 9.40. The second kappa shape index (κ2) is 12.4. The van der Waals surface area contributed by atoms with Crippen LogP contribution in [-0.2, 0) is 17.9 Å². The average molecular weight is 454 g/mol. The number of likely N-dealkylation sites (tertiary alicyclic amines) is 1. The molecule has 1 aliphatic heterocycles. The van der Waals surface area contributed by atoms with Gasteiger partial charge in [0, 0.05) is 26.2 Å². The molecular formula is C26H39N5O2. The Hall–Kier alpha value is -2.80. The third-order valence-electron chi connectivity index (χ3n) is 6.08. The fourth-order valence-electron chi connectivity index (χ4n) is 4.25. The Morgan fingerprint density at radius 2 is 1.91 bits per heavy atom. The second-order valence-corrected chi connectivity index (χ2v) is 9.40. The molecule has 2 heterocycles. The van der Waals surface area contributed by atoms with Gasteiger partial charge < -0.3 is 20.7 Å². The molecule has 3 rings (SSSR count). The molecule has 0 radical (unpaired) electrons. The standard InChI is InChI=1S/C26H39N5O2/c1-20(2)11-14-33-24-16-23(25(28-19-32)26(27)29-24)30(3)17-21-9-8-10-22(15-21)18-31-12-6-4-5-7-13-31/h8-10,15-16,19-20H,4-7,11-14,17-18H2,1-3H3,(H2,27,29)(H,28,32). The quantitative estimate of drug-likeness (QED) is 0.481. The van der Waals surface area contributed by atoms with Gasteiger partial charge in [-0.15, -0.1) is 0 Å². The summed E-state index contributed by atoms with van der Waals surface area (Å²) in [6, 6.07) is 10.6. The summed E-state index contributed by atoms with van der Waals surface area (Å²) in [6.45, 7) is 8.92. The first-order valence-electron chi connectivity index (χ1n) is 12.1. The minimum absolute atomic E-state index is 0.251. The number of ether oxygens (including phenoxy) is 1. The monoisotopic (exact) mass is 453 g/mol. The highest BCUT2D eigenvalue weighted by atomic mass is 16.5. The summed E-state index contributed by atoms with van der Waals surface area (Å²) in [5, 5.41) is 2.71. The molecule has 0 unspecified atom stereocenters. The van der Waals surface area contributed by atoms with Crippen LogP contribution < -0.4 is 20.7 Å². The van der Waals surface area contributed by atoms with Crippen LogP contribution in [0, 0.1) is 5.92 Å². The number of pyridine rings is 1. The molecule has 2 aromatic rings. The zero-order valence-corrected chi connectivity index (χ0v) is 20.3. The predicted octanol–water partition coefficient (Wildman–Crippen LogP) is 4.67. The van der Waals surface area contributed by atoms with E-state index in [9.17, 15) is 4.79 Å². The molecular weight excluding hydrogens is 414 g/mol. The summed E-state index contributed by atoms with van der Waals surface area (Å²) in [7, 11) is 1.99. The van der Waals surface area contributed by atoms with E-state index in [0.717, 1.165) is 18.7 Å². The number of rotatable bonds is 11. The zero-order valence-electron chi connectivity index (χ0n) is 20.3. The molecule has 1 amide bonds. The summed E-state index contributed by atoms with van der Waals surface area (Å²) in [6.07, 6.45) is 6.84. The highest BCUT2D eigenvalue weighted by Crippen LogP contribution is 2.34. The lowest BCUT2D eigenvalue weighted by Gasteiger charge is -2.24. The van der Waals surface area contributed by atoms with Crippen molar-refractivity contribution in [2.75, 3.05) is 42.7 Å². The molecule has 7 nitrogen and oxygen atoms in total. The number of nitrogens with zero attached hydrogens (tertiary/aromatic N) is 3. The van der Waals surface area contributed by atoms with Crippen LogP contribution >= 0.6 is 0 Å². The van der Waals surface area contributed by atoms with Gasteiger partial charge in [0.25, 0.3) is 0 Å². The number of benzene rings is 1. The summed E-state index contributed by atoms with van der Waals surface area (Å²) in [4.78, 5) is 20.2. The van der Waals surface area contributed by atoms with E-state index in [1.165, 1.54) is 49.9 Å². The highest BCUT2D eigenvalue weighted by Gasteiger charge is 2.16. The van der Waals surface area contributed by atoms with Crippen LogP contribution in [0.15, 0.2) is 30.3 Å².